The number of anilines is 1. The van der Waals surface area contributed by atoms with Gasteiger partial charge in [0.25, 0.3) is 5.91 Å². The van der Waals surface area contributed by atoms with E-state index in [4.69, 9.17) is 9.47 Å². The summed E-state index contributed by atoms with van der Waals surface area (Å²) < 4.78 is 11.1. The molecule has 0 aliphatic carbocycles. The molecule has 4 heteroatoms. The van der Waals surface area contributed by atoms with E-state index in [1.807, 2.05) is 42.5 Å². The Morgan fingerprint density at radius 2 is 1.57 bits per heavy atom. The lowest BCUT2D eigenvalue weighted by Crippen LogP contribution is -2.12. The van der Waals surface area contributed by atoms with Crippen LogP contribution in [0.4, 0.5) is 5.69 Å². The van der Waals surface area contributed by atoms with Crippen molar-refractivity contribution in [1.82, 2.24) is 0 Å². The SMILES string of the molecule is COc1cc(C(=O)Nc2ccc(-c3ccccc3)cc2)ccc1OCC(C)C. The third-order valence-corrected chi connectivity index (χ3v) is 4.25. The Hall–Kier alpha value is -3.27. The van der Waals surface area contributed by atoms with Crippen LogP contribution >= 0.6 is 0 Å². The maximum atomic E-state index is 12.6. The molecule has 0 radical (unpaired) electrons. The molecular weight excluding hydrogens is 350 g/mol. The van der Waals surface area contributed by atoms with Crippen LogP contribution < -0.4 is 14.8 Å². The first-order chi connectivity index (χ1) is 13.6. The molecule has 144 valence electrons. The molecule has 1 amide bonds. The van der Waals surface area contributed by atoms with Gasteiger partial charge < -0.3 is 14.8 Å². The molecular formula is C24H25NO3. The highest BCUT2D eigenvalue weighted by atomic mass is 16.5. The van der Waals surface area contributed by atoms with E-state index in [1.165, 1.54) is 0 Å². The van der Waals surface area contributed by atoms with Crippen LogP contribution in [0, 0.1) is 5.92 Å². The molecule has 3 aromatic carbocycles. The minimum absolute atomic E-state index is 0.193. The maximum Gasteiger partial charge on any atom is 0.255 e. The van der Waals surface area contributed by atoms with Gasteiger partial charge in [0.1, 0.15) is 0 Å². The fourth-order valence-corrected chi connectivity index (χ4v) is 2.76. The third-order valence-electron chi connectivity index (χ3n) is 4.25. The van der Waals surface area contributed by atoms with Gasteiger partial charge in [-0.05, 0) is 47.4 Å². The molecule has 0 aliphatic heterocycles. The number of carbonyl (C=O) groups is 1. The zero-order valence-corrected chi connectivity index (χ0v) is 16.4. The molecule has 0 saturated heterocycles. The van der Waals surface area contributed by atoms with Gasteiger partial charge in [-0.3, -0.25) is 4.79 Å². The zero-order valence-electron chi connectivity index (χ0n) is 16.4. The molecule has 28 heavy (non-hydrogen) atoms. The lowest BCUT2D eigenvalue weighted by Gasteiger charge is -2.13. The fourth-order valence-electron chi connectivity index (χ4n) is 2.76. The van der Waals surface area contributed by atoms with Crippen LogP contribution in [0.3, 0.4) is 0 Å². The van der Waals surface area contributed by atoms with Crippen molar-refractivity contribution in [3.05, 3.63) is 78.4 Å². The van der Waals surface area contributed by atoms with Gasteiger partial charge in [0, 0.05) is 11.3 Å². The van der Waals surface area contributed by atoms with Crippen LogP contribution in [0.1, 0.15) is 24.2 Å². The Morgan fingerprint density at radius 3 is 2.21 bits per heavy atom. The molecule has 0 heterocycles. The van der Waals surface area contributed by atoms with Crippen LogP contribution in [0.5, 0.6) is 11.5 Å². The fraction of sp³-hybridized carbons (Fsp3) is 0.208. The molecule has 0 aromatic heterocycles. The first kappa shape index (κ1) is 19.5. The number of rotatable bonds is 7. The smallest absolute Gasteiger partial charge is 0.255 e. The minimum Gasteiger partial charge on any atom is -0.493 e. The molecule has 0 spiro atoms. The predicted molar refractivity (Wildman–Crippen MR) is 113 cm³/mol. The van der Waals surface area contributed by atoms with E-state index in [-0.39, 0.29) is 5.91 Å². The van der Waals surface area contributed by atoms with Crippen LogP contribution in [0.25, 0.3) is 11.1 Å². The van der Waals surface area contributed by atoms with E-state index in [1.54, 1.807) is 25.3 Å². The van der Waals surface area contributed by atoms with Gasteiger partial charge in [0.15, 0.2) is 11.5 Å². The van der Waals surface area contributed by atoms with Gasteiger partial charge in [-0.25, -0.2) is 0 Å². The Morgan fingerprint density at radius 1 is 0.893 bits per heavy atom. The van der Waals surface area contributed by atoms with E-state index >= 15 is 0 Å². The Labute approximate surface area is 166 Å². The summed E-state index contributed by atoms with van der Waals surface area (Å²) in [5, 5.41) is 2.92. The summed E-state index contributed by atoms with van der Waals surface area (Å²) in [6.45, 7) is 4.75. The monoisotopic (exact) mass is 375 g/mol. The van der Waals surface area contributed by atoms with Gasteiger partial charge in [0.05, 0.1) is 13.7 Å². The number of hydrogen-bond acceptors (Lipinski definition) is 3. The lowest BCUT2D eigenvalue weighted by molar-refractivity contribution is 0.102. The quantitative estimate of drug-likeness (QED) is 0.580. The number of methoxy groups -OCH3 is 1. The van der Waals surface area contributed by atoms with Crippen molar-refractivity contribution in [2.45, 2.75) is 13.8 Å². The molecule has 0 fully saturated rings. The normalized spacial score (nSPS) is 10.6. The average Bonchev–Trinajstić information content (AvgIpc) is 2.73. The Balaban J connectivity index is 1.70. The van der Waals surface area contributed by atoms with Gasteiger partial charge in [0.2, 0.25) is 0 Å². The number of carbonyl (C=O) groups excluding carboxylic acids is 1. The number of benzene rings is 3. The minimum atomic E-state index is -0.193. The zero-order chi connectivity index (χ0) is 19.9. The summed E-state index contributed by atoms with van der Waals surface area (Å²) in [6, 6.07) is 23.1. The second kappa shape index (κ2) is 9.09. The summed E-state index contributed by atoms with van der Waals surface area (Å²) >= 11 is 0. The summed E-state index contributed by atoms with van der Waals surface area (Å²) in [5.41, 5.74) is 3.50. The highest BCUT2D eigenvalue weighted by Crippen LogP contribution is 2.29. The van der Waals surface area contributed by atoms with Crippen LogP contribution in [-0.4, -0.2) is 19.6 Å². The number of nitrogens with one attached hydrogen (secondary N) is 1. The topological polar surface area (TPSA) is 47.6 Å². The Kier molecular flexibility index (Phi) is 6.33. The van der Waals surface area contributed by atoms with E-state index in [0.29, 0.717) is 29.6 Å². The summed E-state index contributed by atoms with van der Waals surface area (Å²) in [5.74, 6) is 1.40. The molecule has 0 unspecified atom stereocenters. The van der Waals surface area contributed by atoms with Crippen molar-refractivity contribution in [2.75, 3.05) is 19.0 Å². The van der Waals surface area contributed by atoms with Crippen molar-refractivity contribution < 1.29 is 14.3 Å². The number of ether oxygens (including phenoxy) is 2. The highest BCUT2D eigenvalue weighted by Gasteiger charge is 2.12. The largest absolute Gasteiger partial charge is 0.493 e. The van der Waals surface area contributed by atoms with Crippen molar-refractivity contribution in [3.8, 4) is 22.6 Å². The van der Waals surface area contributed by atoms with E-state index < -0.39 is 0 Å². The van der Waals surface area contributed by atoms with Crippen molar-refractivity contribution in [3.63, 3.8) is 0 Å². The second-order valence-corrected chi connectivity index (χ2v) is 6.97. The molecule has 1 N–H and O–H groups in total. The van der Waals surface area contributed by atoms with Crippen molar-refractivity contribution in [1.29, 1.82) is 0 Å². The third kappa shape index (κ3) is 4.92. The van der Waals surface area contributed by atoms with Crippen molar-refractivity contribution >= 4 is 11.6 Å². The molecule has 0 saturated carbocycles. The standard InChI is InChI=1S/C24H25NO3/c1-17(2)16-28-22-14-11-20(15-23(22)27-3)24(26)25-21-12-9-19(10-13-21)18-7-5-4-6-8-18/h4-15,17H,16H2,1-3H3,(H,25,26). The van der Waals surface area contributed by atoms with Crippen LogP contribution in [-0.2, 0) is 0 Å². The van der Waals surface area contributed by atoms with E-state index in [2.05, 4.69) is 31.3 Å². The van der Waals surface area contributed by atoms with E-state index in [9.17, 15) is 4.79 Å². The van der Waals surface area contributed by atoms with Crippen molar-refractivity contribution in [2.24, 2.45) is 5.92 Å². The molecule has 4 nitrogen and oxygen atoms in total. The first-order valence-electron chi connectivity index (χ1n) is 9.34. The maximum absolute atomic E-state index is 12.6. The second-order valence-electron chi connectivity index (χ2n) is 6.97. The van der Waals surface area contributed by atoms with Crippen LogP contribution in [0.15, 0.2) is 72.8 Å². The lowest BCUT2D eigenvalue weighted by atomic mass is 10.1. The summed E-state index contributed by atoms with van der Waals surface area (Å²) in [7, 11) is 1.57. The molecule has 0 bridgehead atoms. The molecule has 3 aromatic rings. The molecule has 0 atom stereocenters. The van der Waals surface area contributed by atoms with Gasteiger partial charge in [-0.1, -0.05) is 56.3 Å². The highest BCUT2D eigenvalue weighted by molar-refractivity contribution is 6.04. The van der Waals surface area contributed by atoms with Gasteiger partial charge >= 0.3 is 0 Å². The molecule has 0 aliphatic rings. The number of hydrogen-bond donors (Lipinski definition) is 1. The van der Waals surface area contributed by atoms with Gasteiger partial charge in [-0.15, -0.1) is 0 Å². The number of amides is 1. The Bertz CT molecular complexity index is 918. The predicted octanol–water partition coefficient (Wildman–Crippen LogP) is 5.65. The van der Waals surface area contributed by atoms with E-state index in [0.717, 1.165) is 16.8 Å². The summed E-state index contributed by atoms with van der Waals surface area (Å²) in [4.78, 5) is 12.6. The first-order valence-corrected chi connectivity index (χ1v) is 9.34. The summed E-state index contributed by atoms with van der Waals surface area (Å²) in [6.07, 6.45) is 0. The average molecular weight is 375 g/mol. The molecule has 3 rings (SSSR count). The van der Waals surface area contributed by atoms with Crippen LogP contribution in [0.2, 0.25) is 0 Å². The van der Waals surface area contributed by atoms with Gasteiger partial charge in [-0.2, -0.15) is 0 Å².